The summed E-state index contributed by atoms with van der Waals surface area (Å²) in [5, 5.41) is 22.6. The number of fused-ring (bicyclic) bond motifs is 9. The van der Waals surface area contributed by atoms with E-state index in [4.69, 9.17) is 4.74 Å². The van der Waals surface area contributed by atoms with Gasteiger partial charge in [0.15, 0.2) is 11.5 Å². The van der Waals surface area contributed by atoms with Crippen LogP contribution in [0.1, 0.15) is 36.1 Å². The van der Waals surface area contributed by atoms with E-state index in [2.05, 4.69) is 60.9 Å². The Hall–Kier alpha value is -4.06. The van der Waals surface area contributed by atoms with E-state index in [1.54, 1.807) is 11.3 Å². The highest BCUT2D eigenvalue weighted by atomic mass is 32.1. The first-order chi connectivity index (χ1) is 15.5. The number of rotatable bonds is 0. The van der Waals surface area contributed by atoms with Crippen LogP contribution < -0.4 is 4.74 Å². The molecule has 0 fully saturated rings. The average Bonchev–Trinajstić information content (AvgIpc) is 3.42. The first-order valence-corrected chi connectivity index (χ1v) is 11.2. The molecule has 32 heavy (non-hydrogen) atoms. The van der Waals surface area contributed by atoms with Crippen molar-refractivity contribution in [1.82, 2.24) is 4.57 Å². The summed E-state index contributed by atoms with van der Waals surface area (Å²) >= 11 is 1.70. The molecule has 0 N–H and O–H groups in total. The minimum absolute atomic E-state index is 0.345. The second-order valence-electron chi connectivity index (χ2n) is 8.84. The monoisotopic (exact) mass is 429 g/mol. The van der Waals surface area contributed by atoms with Gasteiger partial charge in [0.25, 0.3) is 0 Å². The van der Waals surface area contributed by atoms with Crippen LogP contribution >= 0.6 is 11.3 Å². The van der Waals surface area contributed by atoms with Crippen LogP contribution in [0.2, 0.25) is 0 Å². The van der Waals surface area contributed by atoms with E-state index >= 15 is 0 Å². The molecular weight excluding hydrogens is 414 g/mol. The van der Waals surface area contributed by atoms with Crippen LogP contribution in [0, 0.1) is 22.7 Å². The number of thiophene rings is 1. The first-order valence-electron chi connectivity index (χ1n) is 10.4. The van der Waals surface area contributed by atoms with E-state index < -0.39 is 0 Å². The number of ether oxygens (including phenoxy) is 1. The van der Waals surface area contributed by atoms with Crippen molar-refractivity contribution < 1.29 is 4.74 Å². The van der Waals surface area contributed by atoms with Crippen LogP contribution in [0.5, 0.6) is 11.5 Å². The van der Waals surface area contributed by atoms with Crippen LogP contribution in [-0.2, 0) is 5.41 Å². The number of para-hydroxylation sites is 2. The van der Waals surface area contributed by atoms with Gasteiger partial charge in [0.1, 0.15) is 17.1 Å². The molecule has 2 aliphatic rings. The highest BCUT2D eigenvalue weighted by Crippen LogP contribution is 2.61. The van der Waals surface area contributed by atoms with Crippen molar-refractivity contribution in [3.63, 3.8) is 0 Å². The summed E-state index contributed by atoms with van der Waals surface area (Å²) in [6, 6.07) is 22.8. The molecule has 0 amide bonds. The second kappa shape index (κ2) is 5.59. The van der Waals surface area contributed by atoms with Crippen molar-refractivity contribution in [1.29, 1.82) is 10.5 Å². The van der Waals surface area contributed by atoms with Gasteiger partial charge in [-0.1, -0.05) is 44.2 Å². The summed E-state index contributed by atoms with van der Waals surface area (Å²) in [6.07, 6.45) is 0. The largest absolute Gasteiger partial charge is 0.452 e. The van der Waals surface area contributed by atoms with Gasteiger partial charge >= 0.3 is 0 Å². The number of benzene rings is 3. The minimum atomic E-state index is -0.345. The summed E-state index contributed by atoms with van der Waals surface area (Å²) < 4.78 is 8.93. The van der Waals surface area contributed by atoms with E-state index in [9.17, 15) is 10.5 Å². The van der Waals surface area contributed by atoms with Crippen LogP contribution in [-0.4, -0.2) is 4.57 Å². The maximum atomic E-state index is 9.60. The zero-order valence-corrected chi connectivity index (χ0v) is 18.2. The third-order valence-corrected chi connectivity index (χ3v) is 8.05. The SMILES string of the molecule is CC1(C)c2cc(C#N)c(C#N)cc2-c2sc3c(c21)Oc1cccc2c4ccccc4n-3c12. The molecule has 1 aliphatic carbocycles. The molecule has 0 unspecified atom stereocenters. The van der Waals surface area contributed by atoms with E-state index in [0.29, 0.717) is 11.1 Å². The number of nitrogens with zero attached hydrogens (tertiary/aromatic N) is 3. The Morgan fingerprint density at radius 2 is 1.69 bits per heavy atom. The Morgan fingerprint density at radius 1 is 0.938 bits per heavy atom. The molecule has 7 rings (SSSR count). The number of nitriles is 2. The lowest BCUT2D eigenvalue weighted by Crippen LogP contribution is -2.17. The maximum absolute atomic E-state index is 9.60. The van der Waals surface area contributed by atoms with Gasteiger partial charge in [0, 0.05) is 26.6 Å². The van der Waals surface area contributed by atoms with Crippen LogP contribution in [0.3, 0.4) is 0 Å². The zero-order valence-electron chi connectivity index (χ0n) is 17.4. The quantitative estimate of drug-likeness (QED) is 0.261. The van der Waals surface area contributed by atoms with E-state index in [0.717, 1.165) is 49.1 Å². The summed E-state index contributed by atoms with van der Waals surface area (Å²) in [7, 11) is 0. The predicted octanol–water partition coefficient (Wildman–Crippen LogP) is 7.00. The molecule has 0 atom stereocenters. The molecule has 3 heterocycles. The van der Waals surface area contributed by atoms with Gasteiger partial charge < -0.3 is 4.74 Å². The van der Waals surface area contributed by atoms with E-state index in [-0.39, 0.29) is 5.41 Å². The third kappa shape index (κ3) is 1.87. The van der Waals surface area contributed by atoms with Gasteiger partial charge in [-0.3, -0.25) is 4.57 Å². The summed E-state index contributed by atoms with van der Waals surface area (Å²) in [6.45, 7) is 4.34. The van der Waals surface area contributed by atoms with Gasteiger partial charge in [-0.15, -0.1) is 11.3 Å². The lowest BCUT2D eigenvalue weighted by Gasteiger charge is -2.25. The molecule has 0 saturated carbocycles. The molecule has 5 aromatic rings. The number of aromatic nitrogens is 1. The average molecular weight is 430 g/mol. The summed E-state index contributed by atoms with van der Waals surface area (Å²) in [4.78, 5) is 1.12. The number of hydrogen-bond acceptors (Lipinski definition) is 4. The topological polar surface area (TPSA) is 61.7 Å². The van der Waals surface area contributed by atoms with Crippen LogP contribution in [0.25, 0.3) is 37.2 Å². The van der Waals surface area contributed by atoms with E-state index in [1.165, 1.54) is 10.8 Å². The molecule has 0 saturated heterocycles. The molecule has 0 radical (unpaired) electrons. The minimum Gasteiger partial charge on any atom is -0.452 e. The first kappa shape index (κ1) is 17.6. The van der Waals surface area contributed by atoms with Crippen molar-refractivity contribution in [2.75, 3.05) is 0 Å². The van der Waals surface area contributed by atoms with E-state index in [1.807, 2.05) is 24.3 Å². The van der Waals surface area contributed by atoms with Crippen molar-refractivity contribution in [3.8, 4) is 39.1 Å². The van der Waals surface area contributed by atoms with Gasteiger partial charge in [0.05, 0.1) is 22.2 Å². The van der Waals surface area contributed by atoms with Crippen molar-refractivity contribution in [2.45, 2.75) is 19.3 Å². The number of hydrogen-bond donors (Lipinski definition) is 0. The van der Waals surface area contributed by atoms with Gasteiger partial charge in [-0.2, -0.15) is 10.5 Å². The molecule has 150 valence electrons. The molecule has 5 heteroatoms. The third-order valence-electron chi connectivity index (χ3n) is 6.86. The molecule has 1 aliphatic heterocycles. The smallest absolute Gasteiger partial charge is 0.167 e. The fourth-order valence-corrected chi connectivity index (χ4v) is 6.86. The lowest BCUT2D eigenvalue weighted by atomic mass is 9.81. The van der Waals surface area contributed by atoms with Gasteiger partial charge in [-0.25, -0.2) is 0 Å². The Morgan fingerprint density at radius 3 is 2.50 bits per heavy atom. The maximum Gasteiger partial charge on any atom is 0.167 e. The summed E-state index contributed by atoms with van der Waals surface area (Å²) in [5.41, 5.74) is 5.98. The zero-order chi connectivity index (χ0) is 21.8. The Labute approximate surface area is 188 Å². The molecular formula is C27H15N3OS. The van der Waals surface area contributed by atoms with Crippen molar-refractivity contribution >= 4 is 33.1 Å². The van der Waals surface area contributed by atoms with Gasteiger partial charge in [-0.05, 0) is 35.4 Å². The fourth-order valence-electron chi connectivity index (χ4n) is 5.42. The normalized spacial score (nSPS) is 14.4. The molecule has 3 aromatic carbocycles. The van der Waals surface area contributed by atoms with Crippen molar-refractivity contribution in [2.24, 2.45) is 0 Å². The molecule has 2 aromatic heterocycles. The molecule has 0 spiro atoms. The van der Waals surface area contributed by atoms with Crippen LogP contribution in [0.4, 0.5) is 0 Å². The Bertz CT molecular complexity index is 1750. The fraction of sp³-hybridized carbons (Fsp3) is 0.111. The summed E-state index contributed by atoms with van der Waals surface area (Å²) in [5.74, 6) is 1.73. The highest BCUT2D eigenvalue weighted by molar-refractivity contribution is 7.18. The van der Waals surface area contributed by atoms with Crippen LogP contribution in [0.15, 0.2) is 54.6 Å². The standard InChI is InChI=1S/C27H15N3OS/c1-27(2)19-11-15(13-29)14(12-28)10-18(19)25-22(27)24-26(32-25)30-20-8-4-3-6-16(20)17-7-5-9-21(31-24)23(17)30/h3-11H,1-2H3. The Balaban J connectivity index is 1.61. The second-order valence-corrected chi connectivity index (χ2v) is 9.84. The Kier molecular flexibility index (Phi) is 3.08. The molecule has 0 bridgehead atoms. The van der Waals surface area contributed by atoms with Gasteiger partial charge in [0.2, 0.25) is 0 Å². The highest BCUT2D eigenvalue weighted by Gasteiger charge is 2.44. The molecule has 4 nitrogen and oxygen atoms in total. The van der Waals surface area contributed by atoms with Crippen molar-refractivity contribution in [3.05, 3.63) is 76.9 Å². The predicted molar refractivity (Wildman–Crippen MR) is 126 cm³/mol. The lowest BCUT2D eigenvalue weighted by molar-refractivity contribution is 0.462.